The first-order valence-corrected chi connectivity index (χ1v) is 7.99. The Balaban J connectivity index is 2.36. The van der Waals surface area contributed by atoms with Crippen LogP contribution in [0.1, 0.15) is 31.7 Å². The molecule has 0 N–H and O–H groups in total. The standard InChI is InChI=1S/C19H22N2O3/c1-4-5-6-11-24-18-12-15(22-2)8-9-16(18)17-10-7-14(13-20)19(21-17)23-3/h7-10,12H,4-6,11H2,1-3H3. The van der Waals surface area contributed by atoms with Crippen LogP contribution in [-0.2, 0) is 0 Å². The smallest absolute Gasteiger partial charge is 0.231 e. The predicted molar refractivity (Wildman–Crippen MR) is 92.5 cm³/mol. The molecule has 1 heterocycles. The van der Waals surface area contributed by atoms with Gasteiger partial charge in [0.05, 0.1) is 26.5 Å². The Bertz CT molecular complexity index is 723. The van der Waals surface area contributed by atoms with Crippen LogP contribution in [0.4, 0.5) is 0 Å². The highest BCUT2D eigenvalue weighted by Crippen LogP contribution is 2.34. The highest BCUT2D eigenvalue weighted by atomic mass is 16.5. The van der Waals surface area contributed by atoms with E-state index >= 15 is 0 Å². The van der Waals surface area contributed by atoms with Gasteiger partial charge in [-0.2, -0.15) is 5.26 Å². The van der Waals surface area contributed by atoms with Crippen LogP contribution in [0.15, 0.2) is 30.3 Å². The van der Waals surface area contributed by atoms with Crippen LogP contribution in [0, 0.1) is 11.3 Å². The van der Waals surface area contributed by atoms with Crippen LogP contribution in [-0.4, -0.2) is 25.8 Å². The van der Waals surface area contributed by atoms with Crippen molar-refractivity contribution in [3.05, 3.63) is 35.9 Å². The van der Waals surface area contributed by atoms with Gasteiger partial charge in [0.15, 0.2) is 0 Å². The van der Waals surface area contributed by atoms with Gasteiger partial charge >= 0.3 is 0 Å². The SMILES string of the molecule is CCCCCOc1cc(OC)ccc1-c1ccc(C#N)c(OC)n1. The van der Waals surface area contributed by atoms with Crippen molar-refractivity contribution in [1.82, 2.24) is 4.98 Å². The summed E-state index contributed by atoms with van der Waals surface area (Å²) in [6.45, 7) is 2.80. The maximum absolute atomic E-state index is 9.09. The maximum Gasteiger partial charge on any atom is 0.231 e. The van der Waals surface area contributed by atoms with Crippen LogP contribution >= 0.6 is 0 Å². The Morgan fingerprint density at radius 1 is 1.08 bits per heavy atom. The fourth-order valence-electron chi connectivity index (χ4n) is 2.33. The van der Waals surface area contributed by atoms with E-state index in [9.17, 15) is 0 Å². The number of hydrogen-bond acceptors (Lipinski definition) is 5. The topological polar surface area (TPSA) is 64.4 Å². The molecule has 0 radical (unpaired) electrons. The fourth-order valence-corrected chi connectivity index (χ4v) is 2.33. The summed E-state index contributed by atoms with van der Waals surface area (Å²) in [5, 5.41) is 9.09. The molecule has 0 aliphatic rings. The van der Waals surface area contributed by atoms with E-state index in [0.717, 1.165) is 30.6 Å². The zero-order valence-corrected chi connectivity index (χ0v) is 14.3. The summed E-state index contributed by atoms with van der Waals surface area (Å²) in [6, 6.07) is 11.2. The molecule has 0 unspecified atom stereocenters. The number of nitrogens with zero attached hydrogens (tertiary/aromatic N) is 2. The van der Waals surface area contributed by atoms with Gasteiger partial charge in [-0.25, -0.2) is 4.98 Å². The van der Waals surface area contributed by atoms with Gasteiger partial charge in [-0.3, -0.25) is 0 Å². The normalized spacial score (nSPS) is 10.1. The van der Waals surface area contributed by atoms with Crippen LogP contribution in [0.2, 0.25) is 0 Å². The molecule has 0 spiro atoms. The van der Waals surface area contributed by atoms with Crippen LogP contribution < -0.4 is 14.2 Å². The van der Waals surface area contributed by atoms with Crippen molar-refractivity contribution in [3.63, 3.8) is 0 Å². The van der Waals surface area contributed by atoms with Gasteiger partial charge in [-0.15, -0.1) is 0 Å². The number of hydrogen-bond donors (Lipinski definition) is 0. The van der Waals surface area contributed by atoms with E-state index in [1.165, 1.54) is 7.11 Å². The highest BCUT2D eigenvalue weighted by Gasteiger charge is 2.13. The highest BCUT2D eigenvalue weighted by molar-refractivity contribution is 5.69. The molecule has 5 heteroatoms. The first-order valence-electron chi connectivity index (χ1n) is 7.99. The molecule has 0 bridgehead atoms. The first kappa shape index (κ1) is 17.6. The zero-order valence-electron chi connectivity index (χ0n) is 14.3. The Hall–Kier alpha value is -2.74. The molecular weight excluding hydrogens is 304 g/mol. The van der Waals surface area contributed by atoms with E-state index in [-0.39, 0.29) is 0 Å². The summed E-state index contributed by atoms with van der Waals surface area (Å²) < 4.78 is 16.4. The van der Waals surface area contributed by atoms with E-state index in [1.54, 1.807) is 19.2 Å². The third-order valence-electron chi connectivity index (χ3n) is 3.64. The number of unbranched alkanes of at least 4 members (excludes halogenated alkanes) is 2. The monoisotopic (exact) mass is 326 g/mol. The second-order valence-corrected chi connectivity index (χ2v) is 5.28. The van der Waals surface area contributed by atoms with Crippen LogP contribution in [0.3, 0.4) is 0 Å². The quantitative estimate of drug-likeness (QED) is 0.680. The molecule has 1 aromatic carbocycles. The molecule has 5 nitrogen and oxygen atoms in total. The largest absolute Gasteiger partial charge is 0.497 e. The fraction of sp³-hybridized carbons (Fsp3) is 0.368. The second kappa shape index (κ2) is 8.78. The molecule has 2 rings (SSSR count). The van der Waals surface area contributed by atoms with E-state index in [1.807, 2.05) is 18.2 Å². The van der Waals surface area contributed by atoms with Crippen molar-refractivity contribution in [2.75, 3.05) is 20.8 Å². The van der Waals surface area contributed by atoms with Gasteiger partial charge in [0.2, 0.25) is 5.88 Å². The third kappa shape index (κ3) is 4.17. The maximum atomic E-state index is 9.09. The van der Waals surface area contributed by atoms with Gasteiger partial charge in [0, 0.05) is 11.6 Å². The number of nitriles is 1. The summed E-state index contributed by atoms with van der Waals surface area (Å²) in [5.74, 6) is 1.75. The molecular formula is C19H22N2O3. The molecule has 1 aromatic heterocycles. The number of aromatic nitrogens is 1. The summed E-state index contributed by atoms with van der Waals surface area (Å²) in [4.78, 5) is 4.43. The predicted octanol–water partition coefficient (Wildman–Crippen LogP) is 4.21. The lowest BCUT2D eigenvalue weighted by Gasteiger charge is -2.13. The van der Waals surface area contributed by atoms with E-state index < -0.39 is 0 Å². The van der Waals surface area contributed by atoms with Crippen molar-refractivity contribution in [2.45, 2.75) is 26.2 Å². The number of ether oxygens (including phenoxy) is 3. The van der Waals surface area contributed by atoms with Crippen LogP contribution in [0.25, 0.3) is 11.3 Å². The van der Waals surface area contributed by atoms with Crippen molar-refractivity contribution in [1.29, 1.82) is 5.26 Å². The molecule has 0 aliphatic heterocycles. The van der Waals surface area contributed by atoms with E-state index in [0.29, 0.717) is 29.5 Å². The van der Waals surface area contributed by atoms with Crippen molar-refractivity contribution >= 4 is 0 Å². The molecule has 0 fully saturated rings. The second-order valence-electron chi connectivity index (χ2n) is 5.28. The minimum atomic E-state index is 0.308. The van der Waals surface area contributed by atoms with Gasteiger partial charge in [-0.1, -0.05) is 19.8 Å². The van der Waals surface area contributed by atoms with E-state index in [4.69, 9.17) is 19.5 Å². The molecule has 0 saturated heterocycles. The zero-order chi connectivity index (χ0) is 17.4. The number of pyridine rings is 1. The number of benzene rings is 1. The molecule has 0 amide bonds. The average molecular weight is 326 g/mol. The summed E-state index contributed by atoms with van der Waals surface area (Å²) >= 11 is 0. The molecule has 0 atom stereocenters. The molecule has 0 aliphatic carbocycles. The van der Waals surface area contributed by atoms with Crippen molar-refractivity contribution in [3.8, 4) is 34.7 Å². The first-order chi connectivity index (χ1) is 11.7. The lowest BCUT2D eigenvalue weighted by Crippen LogP contribution is -2.00. The number of methoxy groups -OCH3 is 2. The van der Waals surface area contributed by atoms with Gasteiger partial charge < -0.3 is 14.2 Å². The molecule has 0 saturated carbocycles. The molecule has 24 heavy (non-hydrogen) atoms. The Kier molecular flexibility index (Phi) is 6.44. The van der Waals surface area contributed by atoms with E-state index in [2.05, 4.69) is 18.0 Å². The van der Waals surface area contributed by atoms with Gasteiger partial charge in [-0.05, 0) is 30.7 Å². The summed E-state index contributed by atoms with van der Waals surface area (Å²) in [7, 11) is 3.13. The van der Waals surface area contributed by atoms with Crippen LogP contribution in [0.5, 0.6) is 17.4 Å². The summed E-state index contributed by atoms with van der Waals surface area (Å²) in [6.07, 6.45) is 3.27. The van der Waals surface area contributed by atoms with Gasteiger partial charge in [0.1, 0.15) is 23.1 Å². The Labute approximate surface area is 142 Å². The minimum absolute atomic E-state index is 0.308. The number of rotatable bonds is 8. The Morgan fingerprint density at radius 2 is 1.92 bits per heavy atom. The van der Waals surface area contributed by atoms with Crippen molar-refractivity contribution < 1.29 is 14.2 Å². The average Bonchev–Trinajstić information content (AvgIpc) is 2.64. The lowest BCUT2D eigenvalue weighted by molar-refractivity contribution is 0.305. The minimum Gasteiger partial charge on any atom is -0.497 e. The lowest BCUT2D eigenvalue weighted by atomic mass is 10.1. The Morgan fingerprint density at radius 3 is 2.58 bits per heavy atom. The van der Waals surface area contributed by atoms with Gasteiger partial charge in [0.25, 0.3) is 0 Å². The van der Waals surface area contributed by atoms with Crippen molar-refractivity contribution in [2.24, 2.45) is 0 Å². The summed E-state index contributed by atoms with van der Waals surface area (Å²) in [5.41, 5.74) is 1.94. The third-order valence-corrected chi connectivity index (χ3v) is 3.64. The molecule has 126 valence electrons. The molecule has 2 aromatic rings.